The quantitative estimate of drug-likeness (QED) is 0.876. The first kappa shape index (κ1) is 14.0. The summed E-state index contributed by atoms with van der Waals surface area (Å²) in [6.45, 7) is 1.74. The fourth-order valence-electron chi connectivity index (χ4n) is 2.41. The van der Waals surface area contributed by atoms with Gasteiger partial charge in [0.05, 0.1) is 12.1 Å². The largest absolute Gasteiger partial charge is 0.337 e. The number of nitrogens with zero attached hydrogens (tertiary/aromatic N) is 1. The summed E-state index contributed by atoms with van der Waals surface area (Å²) in [4.78, 5) is 13.6. The van der Waals surface area contributed by atoms with Gasteiger partial charge in [-0.05, 0) is 30.9 Å². The smallest absolute Gasteiger partial charge is 0.239 e. The molecule has 1 aliphatic rings. The van der Waals surface area contributed by atoms with Crippen LogP contribution in [0.3, 0.4) is 0 Å². The van der Waals surface area contributed by atoms with Crippen LogP contribution in [0, 0.1) is 0 Å². The molecule has 1 amide bonds. The molecule has 0 spiro atoms. The zero-order chi connectivity index (χ0) is 11.7. The minimum atomic E-state index is -0.419. The van der Waals surface area contributed by atoms with E-state index in [9.17, 15) is 4.79 Å². The van der Waals surface area contributed by atoms with Gasteiger partial charge in [-0.15, -0.1) is 12.4 Å². The van der Waals surface area contributed by atoms with Crippen molar-refractivity contribution in [3.8, 4) is 0 Å². The van der Waals surface area contributed by atoms with E-state index in [0.29, 0.717) is 0 Å². The Kier molecular flexibility index (Phi) is 4.54. The lowest BCUT2D eigenvalue weighted by Crippen LogP contribution is -2.41. The van der Waals surface area contributed by atoms with E-state index >= 15 is 0 Å². The first-order chi connectivity index (χ1) is 7.61. The lowest BCUT2D eigenvalue weighted by Gasteiger charge is -2.27. The Hall–Kier alpha value is -1.06. The molecule has 0 fully saturated rings. The van der Waals surface area contributed by atoms with E-state index in [1.165, 1.54) is 11.1 Å². The van der Waals surface area contributed by atoms with Crippen LogP contribution in [-0.2, 0) is 11.2 Å². The summed E-state index contributed by atoms with van der Waals surface area (Å²) in [6, 6.07) is 8.11. The predicted molar refractivity (Wildman–Crippen MR) is 71.2 cm³/mol. The summed E-state index contributed by atoms with van der Waals surface area (Å²) in [5, 5.41) is 0. The van der Waals surface area contributed by atoms with Gasteiger partial charge in [0.25, 0.3) is 0 Å². The third-order valence-corrected chi connectivity index (χ3v) is 3.31. The molecule has 1 aliphatic carbocycles. The minimum absolute atomic E-state index is 0. The van der Waals surface area contributed by atoms with Crippen LogP contribution < -0.4 is 5.73 Å². The number of halogens is 1. The maximum Gasteiger partial charge on any atom is 0.239 e. The van der Waals surface area contributed by atoms with Crippen molar-refractivity contribution in [1.82, 2.24) is 4.90 Å². The van der Waals surface area contributed by atoms with Gasteiger partial charge in [0.2, 0.25) is 5.91 Å². The Morgan fingerprint density at radius 1 is 1.47 bits per heavy atom. The number of nitrogens with two attached hydrogens (primary N) is 1. The number of fused-ring (bicyclic) bond motifs is 1. The molecular formula is C13H19ClN2O. The standard InChI is InChI=1S/C13H18N2O.ClH/c1-9(14)13(16)15(2)12-8-7-10-5-3-4-6-11(10)12;/h3-6,9,12H,7-8,14H2,1-2H3;1H/t9-,12?;/m1./s1. The molecule has 94 valence electrons. The lowest BCUT2D eigenvalue weighted by atomic mass is 10.1. The number of carbonyl (C=O) groups excluding carboxylic acids is 1. The molecule has 1 aromatic carbocycles. The van der Waals surface area contributed by atoms with E-state index < -0.39 is 6.04 Å². The van der Waals surface area contributed by atoms with Gasteiger partial charge < -0.3 is 10.6 Å². The van der Waals surface area contributed by atoms with Crippen molar-refractivity contribution < 1.29 is 4.79 Å². The van der Waals surface area contributed by atoms with Gasteiger partial charge in [0.15, 0.2) is 0 Å². The van der Waals surface area contributed by atoms with Crippen LogP contribution in [0.25, 0.3) is 0 Å². The Morgan fingerprint density at radius 3 is 2.76 bits per heavy atom. The number of amides is 1. The van der Waals surface area contributed by atoms with E-state index in [4.69, 9.17) is 5.73 Å². The van der Waals surface area contributed by atoms with Gasteiger partial charge in [-0.1, -0.05) is 24.3 Å². The summed E-state index contributed by atoms with van der Waals surface area (Å²) in [5.74, 6) is 0.0155. The highest BCUT2D eigenvalue weighted by molar-refractivity contribution is 5.85. The van der Waals surface area contributed by atoms with E-state index in [1.807, 2.05) is 13.1 Å². The highest BCUT2D eigenvalue weighted by Gasteiger charge is 2.29. The summed E-state index contributed by atoms with van der Waals surface area (Å²) < 4.78 is 0. The molecule has 0 radical (unpaired) electrons. The second-order valence-electron chi connectivity index (χ2n) is 4.49. The van der Waals surface area contributed by atoms with Crippen molar-refractivity contribution in [2.75, 3.05) is 7.05 Å². The van der Waals surface area contributed by atoms with Crippen molar-refractivity contribution >= 4 is 18.3 Å². The van der Waals surface area contributed by atoms with Crippen LogP contribution in [-0.4, -0.2) is 23.9 Å². The minimum Gasteiger partial charge on any atom is -0.337 e. The topological polar surface area (TPSA) is 46.3 Å². The van der Waals surface area contributed by atoms with Gasteiger partial charge in [-0.3, -0.25) is 4.79 Å². The molecule has 2 atom stereocenters. The maximum absolute atomic E-state index is 11.8. The molecule has 1 unspecified atom stereocenters. The Morgan fingerprint density at radius 2 is 2.12 bits per heavy atom. The van der Waals surface area contributed by atoms with Crippen LogP contribution in [0.1, 0.15) is 30.5 Å². The average Bonchev–Trinajstić information content (AvgIpc) is 2.70. The third-order valence-electron chi connectivity index (χ3n) is 3.31. The molecule has 0 bridgehead atoms. The Bertz CT molecular complexity index is 406. The molecule has 0 saturated heterocycles. The summed E-state index contributed by atoms with van der Waals surface area (Å²) in [5.41, 5.74) is 8.27. The Balaban J connectivity index is 0.00000144. The molecule has 3 nitrogen and oxygen atoms in total. The first-order valence-corrected chi connectivity index (χ1v) is 5.71. The van der Waals surface area contributed by atoms with Crippen LogP contribution in [0.4, 0.5) is 0 Å². The van der Waals surface area contributed by atoms with Crippen LogP contribution in [0.15, 0.2) is 24.3 Å². The van der Waals surface area contributed by atoms with Crippen LogP contribution in [0.2, 0.25) is 0 Å². The summed E-state index contributed by atoms with van der Waals surface area (Å²) >= 11 is 0. The van der Waals surface area contributed by atoms with E-state index in [1.54, 1.807) is 11.8 Å². The number of carbonyl (C=O) groups is 1. The van der Waals surface area contributed by atoms with Crippen molar-refractivity contribution in [1.29, 1.82) is 0 Å². The predicted octanol–water partition coefficient (Wildman–Crippen LogP) is 1.90. The van der Waals surface area contributed by atoms with Crippen molar-refractivity contribution in [2.45, 2.75) is 31.8 Å². The molecule has 17 heavy (non-hydrogen) atoms. The highest BCUT2D eigenvalue weighted by atomic mass is 35.5. The second-order valence-corrected chi connectivity index (χ2v) is 4.49. The molecule has 0 aliphatic heterocycles. The van der Waals surface area contributed by atoms with Crippen LogP contribution >= 0.6 is 12.4 Å². The molecule has 4 heteroatoms. The van der Waals surface area contributed by atoms with Gasteiger partial charge in [-0.25, -0.2) is 0 Å². The lowest BCUT2D eigenvalue weighted by molar-refractivity contribution is -0.133. The van der Waals surface area contributed by atoms with Gasteiger partial charge in [-0.2, -0.15) is 0 Å². The fraction of sp³-hybridized carbons (Fsp3) is 0.462. The number of hydrogen-bond acceptors (Lipinski definition) is 2. The monoisotopic (exact) mass is 254 g/mol. The second kappa shape index (κ2) is 5.52. The van der Waals surface area contributed by atoms with Crippen LogP contribution in [0.5, 0.6) is 0 Å². The first-order valence-electron chi connectivity index (χ1n) is 5.71. The molecule has 0 saturated carbocycles. The maximum atomic E-state index is 11.8. The van der Waals surface area contributed by atoms with Gasteiger partial charge in [0, 0.05) is 7.05 Å². The molecular weight excluding hydrogens is 236 g/mol. The van der Waals surface area contributed by atoms with Gasteiger partial charge >= 0.3 is 0 Å². The Labute approximate surface area is 108 Å². The zero-order valence-corrected chi connectivity index (χ0v) is 11.0. The normalized spacial score (nSPS) is 19.1. The van der Waals surface area contributed by atoms with Gasteiger partial charge in [0.1, 0.15) is 0 Å². The van der Waals surface area contributed by atoms with E-state index in [-0.39, 0.29) is 24.4 Å². The number of aryl methyl sites for hydroxylation is 1. The third kappa shape index (κ3) is 2.61. The average molecular weight is 255 g/mol. The molecule has 0 heterocycles. The molecule has 2 N–H and O–H groups in total. The number of hydrogen-bond donors (Lipinski definition) is 1. The molecule has 0 aromatic heterocycles. The SMILES string of the molecule is C[C@@H](N)C(=O)N(C)C1CCc2ccccc21.Cl. The van der Waals surface area contributed by atoms with E-state index in [0.717, 1.165) is 12.8 Å². The van der Waals surface area contributed by atoms with Crippen molar-refractivity contribution in [3.05, 3.63) is 35.4 Å². The van der Waals surface area contributed by atoms with Crippen molar-refractivity contribution in [3.63, 3.8) is 0 Å². The summed E-state index contributed by atoms with van der Waals surface area (Å²) in [7, 11) is 1.85. The molecule has 2 rings (SSSR count). The number of benzene rings is 1. The zero-order valence-electron chi connectivity index (χ0n) is 10.2. The fourth-order valence-corrected chi connectivity index (χ4v) is 2.41. The van der Waals surface area contributed by atoms with Crippen molar-refractivity contribution in [2.24, 2.45) is 5.73 Å². The highest BCUT2D eigenvalue weighted by Crippen LogP contribution is 2.34. The molecule has 1 aromatic rings. The number of rotatable bonds is 2. The summed E-state index contributed by atoms with van der Waals surface area (Å²) in [6.07, 6.45) is 2.06. The van der Waals surface area contributed by atoms with E-state index in [2.05, 4.69) is 18.2 Å². The number of likely N-dealkylation sites (N-methyl/N-ethyl adjacent to an activating group) is 1.